The van der Waals surface area contributed by atoms with Crippen molar-refractivity contribution in [3.8, 4) is 11.8 Å². The van der Waals surface area contributed by atoms with Gasteiger partial charge in [0.05, 0.1) is 10.6 Å². The Bertz CT molecular complexity index is 1160. The highest BCUT2D eigenvalue weighted by Crippen LogP contribution is 2.39. The van der Waals surface area contributed by atoms with E-state index < -0.39 is 5.82 Å². The molecule has 1 aliphatic rings. The molecule has 0 bridgehead atoms. The Labute approximate surface area is 201 Å². The molecule has 0 saturated heterocycles. The van der Waals surface area contributed by atoms with E-state index in [4.69, 9.17) is 11.6 Å². The molecule has 1 fully saturated rings. The highest BCUT2D eigenvalue weighted by molar-refractivity contribution is 6.30. The first-order valence-corrected chi connectivity index (χ1v) is 12.6. The fraction of sp³-hybridized carbons (Fsp3) is 0.400. The Morgan fingerprint density at radius 3 is 2.45 bits per heavy atom. The van der Waals surface area contributed by atoms with Crippen molar-refractivity contribution in [3.05, 3.63) is 81.9 Å². The fourth-order valence-electron chi connectivity index (χ4n) is 5.02. The number of fused-ring (bicyclic) bond motifs is 1. The van der Waals surface area contributed by atoms with Gasteiger partial charge in [-0.05, 0) is 72.7 Å². The minimum Gasteiger partial charge on any atom is -0.205 e. The molecule has 4 rings (SSSR count). The second-order valence-electron chi connectivity index (χ2n) is 9.35. The normalized spacial score (nSPS) is 18.2. The Morgan fingerprint density at radius 1 is 0.879 bits per heavy atom. The summed E-state index contributed by atoms with van der Waals surface area (Å²) < 4.78 is 28.7. The third-order valence-electron chi connectivity index (χ3n) is 7.02. The second-order valence-corrected chi connectivity index (χ2v) is 9.76. The Morgan fingerprint density at radius 2 is 1.70 bits per heavy atom. The van der Waals surface area contributed by atoms with Crippen LogP contribution in [0, 0.1) is 29.4 Å². The van der Waals surface area contributed by atoms with Gasteiger partial charge in [-0.3, -0.25) is 0 Å². The van der Waals surface area contributed by atoms with Crippen LogP contribution in [0.15, 0.2) is 48.5 Å². The van der Waals surface area contributed by atoms with Crippen molar-refractivity contribution < 1.29 is 8.78 Å². The van der Waals surface area contributed by atoms with Crippen LogP contribution in [0.3, 0.4) is 0 Å². The van der Waals surface area contributed by atoms with Gasteiger partial charge in [0.2, 0.25) is 0 Å². The summed E-state index contributed by atoms with van der Waals surface area (Å²) in [5.41, 5.74) is 2.10. The van der Waals surface area contributed by atoms with Crippen molar-refractivity contribution in [1.29, 1.82) is 0 Å². The van der Waals surface area contributed by atoms with E-state index >= 15 is 4.39 Å². The van der Waals surface area contributed by atoms with E-state index in [2.05, 4.69) is 30.9 Å². The van der Waals surface area contributed by atoms with Crippen LogP contribution in [-0.4, -0.2) is 0 Å². The quantitative estimate of drug-likeness (QED) is 0.251. The first-order chi connectivity index (χ1) is 16.0. The molecule has 0 aromatic heterocycles. The van der Waals surface area contributed by atoms with Gasteiger partial charge in [0.1, 0.15) is 11.6 Å². The van der Waals surface area contributed by atoms with Gasteiger partial charge in [-0.25, -0.2) is 8.78 Å². The van der Waals surface area contributed by atoms with Crippen molar-refractivity contribution >= 4 is 22.4 Å². The summed E-state index contributed by atoms with van der Waals surface area (Å²) in [7, 11) is 0. The van der Waals surface area contributed by atoms with Gasteiger partial charge in [-0.1, -0.05) is 86.7 Å². The molecule has 0 aliphatic heterocycles. The number of hydrogen-bond acceptors (Lipinski definition) is 0. The zero-order valence-electron chi connectivity index (χ0n) is 19.3. The lowest BCUT2D eigenvalue weighted by Gasteiger charge is -2.29. The number of unbranched alkanes of at least 4 members (excludes halogenated alkanes) is 3. The second kappa shape index (κ2) is 11.2. The van der Waals surface area contributed by atoms with Crippen LogP contribution < -0.4 is 0 Å². The topological polar surface area (TPSA) is 0 Å². The SMILES string of the molecule is CCCCCCC1CCC(c2ccc3c(F)c(C#Cc4ccc(Cl)c(F)c4)ccc3c2)CC1. The molecule has 0 spiro atoms. The molecule has 1 saturated carbocycles. The van der Waals surface area contributed by atoms with Crippen LogP contribution >= 0.6 is 11.6 Å². The molecule has 0 amide bonds. The summed E-state index contributed by atoms with van der Waals surface area (Å²) in [4.78, 5) is 0. The van der Waals surface area contributed by atoms with Crippen molar-refractivity contribution in [3.63, 3.8) is 0 Å². The van der Waals surface area contributed by atoms with E-state index in [1.807, 2.05) is 12.1 Å². The predicted octanol–water partition coefficient (Wildman–Crippen LogP) is 9.42. The summed E-state index contributed by atoms with van der Waals surface area (Å²) in [5.74, 6) is 6.28. The summed E-state index contributed by atoms with van der Waals surface area (Å²) in [5, 5.41) is 1.54. The van der Waals surface area contributed by atoms with Crippen molar-refractivity contribution in [2.24, 2.45) is 5.92 Å². The van der Waals surface area contributed by atoms with E-state index in [1.165, 1.54) is 75.5 Å². The van der Waals surface area contributed by atoms with Gasteiger partial charge in [0.25, 0.3) is 0 Å². The third kappa shape index (κ3) is 5.96. The van der Waals surface area contributed by atoms with Gasteiger partial charge >= 0.3 is 0 Å². The van der Waals surface area contributed by atoms with Gasteiger partial charge in [0.15, 0.2) is 0 Å². The maximum Gasteiger partial charge on any atom is 0.146 e. The molecule has 0 nitrogen and oxygen atoms in total. The van der Waals surface area contributed by atoms with Crippen LogP contribution in [-0.2, 0) is 0 Å². The highest BCUT2D eigenvalue weighted by Gasteiger charge is 2.22. The Hall–Kier alpha value is -2.37. The van der Waals surface area contributed by atoms with Crippen LogP contribution in [0.25, 0.3) is 10.8 Å². The third-order valence-corrected chi connectivity index (χ3v) is 7.33. The highest BCUT2D eigenvalue weighted by atomic mass is 35.5. The maximum absolute atomic E-state index is 15.1. The molecular formula is C30H31ClF2. The number of rotatable bonds is 6. The van der Waals surface area contributed by atoms with Gasteiger partial charge in [0, 0.05) is 10.9 Å². The van der Waals surface area contributed by atoms with Crippen LogP contribution in [0.1, 0.15) is 87.3 Å². The zero-order valence-corrected chi connectivity index (χ0v) is 20.0. The molecule has 3 heteroatoms. The van der Waals surface area contributed by atoms with Crippen LogP contribution in [0.5, 0.6) is 0 Å². The van der Waals surface area contributed by atoms with Crippen LogP contribution in [0.4, 0.5) is 8.78 Å². The predicted molar refractivity (Wildman–Crippen MR) is 135 cm³/mol. The first kappa shape index (κ1) is 23.8. The summed E-state index contributed by atoms with van der Waals surface area (Å²) in [6.07, 6.45) is 11.9. The molecule has 0 N–H and O–H groups in total. The van der Waals surface area contributed by atoms with Gasteiger partial charge < -0.3 is 0 Å². The maximum atomic E-state index is 15.1. The minimum absolute atomic E-state index is 0.0497. The molecule has 3 aromatic rings. The molecule has 1 aliphatic carbocycles. The van der Waals surface area contributed by atoms with Crippen molar-refractivity contribution in [1.82, 2.24) is 0 Å². The van der Waals surface area contributed by atoms with Crippen molar-refractivity contribution in [2.75, 3.05) is 0 Å². The molecule has 3 aromatic carbocycles. The minimum atomic E-state index is -0.527. The van der Waals surface area contributed by atoms with Crippen LogP contribution in [0.2, 0.25) is 5.02 Å². The number of hydrogen-bond donors (Lipinski definition) is 0. The van der Waals surface area contributed by atoms with Gasteiger partial charge in [-0.15, -0.1) is 0 Å². The average Bonchev–Trinajstić information content (AvgIpc) is 2.84. The standard InChI is InChI=1S/C30H31ClF2/c1-2-3-4-5-6-21-7-11-23(12-8-21)25-16-17-27-26(20-25)15-14-24(30(27)33)13-9-22-10-18-28(31)29(32)19-22/h10,14-21,23H,2-8,11-12H2,1H3. The van der Waals surface area contributed by atoms with E-state index in [9.17, 15) is 4.39 Å². The monoisotopic (exact) mass is 464 g/mol. The lowest BCUT2D eigenvalue weighted by molar-refractivity contribution is 0.302. The Balaban J connectivity index is 1.44. The molecule has 0 heterocycles. The molecule has 0 unspecified atom stereocenters. The largest absolute Gasteiger partial charge is 0.205 e. The van der Waals surface area contributed by atoms with E-state index in [-0.39, 0.29) is 10.8 Å². The number of halogens is 3. The van der Waals surface area contributed by atoms with E-state index in [0.717, 1.165) is 11.3 Å². The lowest BCUT2D eigenvalue weighted by atomic mass is 9.76. The Kier molecular flexibility index (Phi) is 8.05. The smallest absolute Gasteiger partial charge is 0.146 e. The van der Waals surface area contributed by atoms with Gasteiger partial charge in [-0.2, -0.15) is 0 Å². The summed E-state index contributed by atoms with van der Waals surface area (Å²) in [6, 6.07) is 14.1. The summed E-state index contributed by atoms with van der Waals surface area (Å²) >= 11 is 5.71. The average molecular weight is 465 g/mol. The molecule has 172 valence electrons. The lowest BCUT2D eigenvalue weighted by Crippen LogP contribution is -2.13. The first-order valence-electron chi connectivity index (χ1n) is 12.2. The molecular weight excluding hydrogens is 434 g/mol. The summed E-state index contributed by atoms with van der Waals surface area (Å²) in [6.45, 7) is 2.26. The molecule has 0 radical (unpaired) electrons. The zero-order chi connectivity index (χ0) is 23.2. The van der Waals surface area contributed by atoms with E-state index in [0.29, 0.717) is 22.4 Å². The fourth-order valence-corrected chi connectivity index (χ4v) is 5.14. The molecule has 33 heavy (non-hydrogen) atoms. The number of benzene rings is 3. The van der Waals surface area contributed by atoms with Crippen molar-refractivity contribution in [2.45, 2.75) is 70.6 Å². The van der Waals surface area contributed by atoms with E-state index in [1.54, 1.807) is 12.1 Å². The molecule has 0 atom stereocenters.